The normalized spacial score (nSPS) is 14.4. The summed E-state index contributed by atoms with van der Waals surface area (Å²) >= 11 is 0. The first-order chi connectivity index (χ1) is 11.0. The standard InChI is InChI=1S/C17H29NO5/c1-6-10-13(7-2)11-23-17(20)18-15(16(19)21-5)14(8-3)12-22-9-4/h6-7,10,14-15H,8-9,11-12H2,1-5H3,(H,18,20). The fraction of sp³-hybridized carbons (Fsp3) is 0.647. The number of nitrogens with one attached hydrogen (secondary N) is 1. The van der Waals surface area contributed by atoms with Crippen LogP contribution in [0.2, 0.25) is 0 Å². The molecule has 0 rings (SSSR count). The van der Waals surface area contributed by atoms with Gasteiger partial charge >= 0.3 is 12.1 Å². The third kappa shape index (κ3) is 8.40. The molecule has 0 aliphatic carbocycles. The summed E-state index contributed by atoms with van der Waals surface area (Å²) in [6.45, 7) is 8.61. The smallest absolute Gasteiger partial charge is 0.408 e. The van der Waals surface area contributed by atoms with Crippen LogP contribution < -0.4 is 5.32 Å². The van der Waals surface area contributed by atoms with E-state index in [0.717, 1.165) is 5.57 Å². The van der Waals surface area contributed by atoms with Crippen LogP contribution in [-0.4, -0.2) is 45.0 Å². The summed E-state index contributed by atoms with van der Waals surface area (Å²) < 4.78 is 15.3. The molecule has 0 heterocycles. The quantitative estimate of drug-likeness (QED) is 0.493. The average molecular weight is 327 g/mol. The number of carbonyl (C=O) groups excluding carboxylic acids is 2. The van der Waals surface area contributed by atoms with Crippen LogP contribution in [0.4, 0.5) is 4.79 Å². The van der Waals surface area contributed by atoms with Crippen molar-refractivity contribution in [2.75, 3.05) is 26.9 Å². The van der Waals surface area contributed by atoms with Gasteiger partial charge in [0.2, 0.25) is 0 Å². The van der Waals surface area contributed by atoms with Crippen molar-refractivity contribution in [1.29, 1.82) is 0 Å². The zero-order valence-corrected chi connectivity index (χ0v) is 14.8. The maximum Gasteiger partial charge on any atom is 0.408 e. The van der Waals surface area contributed by atoms with Gasteiger partial charge in [-0.2, -0.15) is 0 Å². The molecule has 2 atom stereocenters. The van der Waals surface area contributed by atoms with Crippen molar-refractivity contribution in [3.63, 3.8) is 0 Å². The fourth-order valence-corrected chi connectivity index (χ4v) is 1.97. The van der Waals surface area contributed by atoms with E-state index in [2.05, 4.69) is 5.32 Å². The number of alkyl carbamates (subject to hydrolysis) is 1. The summed E-state index contributed by atoms with van der Waals surface area (Å²) in [6.07, 6.45) is 5.59. The Hall–Kier alpha value is -1.82. The highest BCUT2D eigenvalue weighted by Crippen LogP contribution is 2.12. The van der Waals surface area contributed by atoms with Gasteiger partial charge in [0, 0.05) is 12.5 Å². The molecular formula is C17H29NO5. The molecule has 0 aliphatic rings. The van der Waals surface area contributed by atoms with Crippen molar-refractivity contribution in [1.82, 2.24) is 5.32 Å². The molecule has 0 aromatic carbocycles. The van der Waals surface area contributed by atoms with E-state index >= 15 is 0 Å². The Morgan fingerprint density at radius 3 is 2.39 bits per heavy atom. The van der Waals surface area contributed by atoms with E-state index in [4.69, 9.17) is 14.2 Å². The van der Waals surface area contributed by atoms with Crippen molar-refractivity contribution in [3.8, 4) is 0 Å². The predicted octanol–water partition coefficient (Wildman–Crippen LogP) is 2.84. The Morgan fingerprint density at radius 1 is 1.22 bits per heavy atom. The number of hydrogen-bond donors (Lipinski definition) is 1. The number of rotatable bonds is 10. The summed E-state index contributed by atoms with van der Waals surface area (Å²) in [6, 6.07) is -0.792. The SMILES string of the molecule is CC=CC(=CC)COC(=O)NC(C(=O)OC)C(CC)COCC. The Kier molecular flexibility index (Phi) is 11.7. The van der Waals surface area contributed by atoms with Gasteiger partial charge in [0.15, 0.2) is 0 Å². The first-order valence-corrected chi connectivity index (χ1v) is 7.90. The monoisotopic (exact) mass is 327 g/mol. The van der Waals surface area contributed by atoms with Gasteiger partial charge in [0.05, 0.1) is 13.7 Å². The van der Waals surface area contributed by atoms with Crippen LogP contribution in [0.15, 0.2) is 23.8 Å². The highest BCUT2D eigenvalue weighted by atomic mass is 16.6. The Bertz CT molecular complexity index is 417. The third-order valence-corrected chi connectivity index (χ3v) is 3.38. The van der Waals surface area contributed by atoms with Crippen LogP contribution in [-0.2, 0) is 19.0 Å². The maximum absolute atomic E-state index is 12.0. The molecule has 0 aromatic heterocycles. The molecule has 0 saturated heterocycles. The number of hydrogen-bond acceptors (Lipinski definition) is 5. The molecule has 0 spiro atoms. The lowest BCUT2D eigenvalue weighted by molar-refractivity contribution is -0.145. The molecule has 0 saturated carbocycles. The van der Waals surface area contributed by atoms with Crippen LogP contribution >= 0.6 is 0 Å². The average Bonchev–Trinajstić information content (AvgIpc) is 2.57. The van der Waals surface area contributed by atoms with E-state index in [9.17, 15) is 9.59 Å². The molecule has 1 amide bonds. The molecule has 0 bridgehead atoms. The number of esters is 1. The van der Waals surface area contributed by atoms with E-state index in [1.54, 1.807) is 0 Å². The second kappa shape index (κ2) is 12.7. The minimum atomic E-state index is -0.792. The van der Waals surface area contributed by atoms with Crippen molar-refractivity contribution < 1.29 is 23.8 Å². The van der Waals surface area contributed by atoms with Gasteiger partial charge in [-0.1, -0.05) is 25.2 Å². The molecule has 0 aromatic rings. The minimum absolute atomic E-state index is 0.142. The maximum atomic E-state index is 12.0. The topological polar surface area (TPSA) is 73.9 Å². The lowest BCUT2D eigenvalue weighted by atomic mass is 9.98. The molecule has 0 aliphatic heterocycles. The number of carbonyl (C=O) groups is 2. The molecule has 6 heteroatoms. The zero-order valence-electron chi connectivity index (χ0n) is 14.8. The molecule has 132 valence electrons. The number of allylic oxidation sites excluding steroid dienone is 2. The van der Waals surface area contributed by atoms with Gasteiger partial charge in [0.25, 0.3) is 0 Å². The largest absolute Gasteiger partial charge is 0.467 e. The first-order valence-electron chi connectivity index (χ1n) is 7.90. The van der Waals surface area contributed by atoms with Crippen molar-refractivity contribution in [2.24, 2.45) is 5.92 Å². The minimum Gasteiger partial charge on any atom is -0.467 e. The lowest BCUT2D eigenvalue weighted by Gasteiger charge is -2.24. The zero-order chi connectivity index (χ0) is 17.7. The number of amides is 1. The summed E-state index contributed by atoms with van der Waals surface area (Å²) in [5.41, 5.74) is 0.874. The van der Waals surface area contributed by atoms with Crippen LogP contribution in [0.25, 0.3) is 0 Å². The van der Waals surface area contributed by atoms with Crippen LogP contribution in [0, 0.1) is 5.92 Å². The van der Waals surface area contributed by atoms with Gasteiger partial charge in [-0.15, -0.1) is 0 Å². The first kappa shape index (κ1) is 21.2. The molecule has 23 heavy (non-hydrogen) atoms. The van der Waals surface area contributed by atoms with E-state index in [1.807, 2.05) is 45.9 Å². The summed E-state index contributed by atoms with van der Waals surface area (Å²) in [5.74, 6) is -0.681. The van der Waals surface area contributed by atoms with E-state index < -0.39 is 18.1 Å². The molecule has 2 unspecified atom stereocenters. The molecule has 1 N–H and O–H groups in total. The Morgan fingerprint density at radius 2 is 1.91 bits per heavy atom. The summed E-state index contributed by atoms with van der Waals surface area (Å²) in [5, 5.41) is 2.58. The predicted molar refractivity (Wildman–Crippen MR) is 89.1 cm³/mol. The molecule has 6 nitrogen and oxygen atoms in total. The summed E-state index contributed by atoms with van der Waals surface area (Å²) in [7, 11) is 1.29. The van der Waals surface area contributed by atoms with Crippen molar-refractivity contribution in [2.45, 2.75) is 40.2 Å². The van der Waals surface area contributed by atoms with Crippen molar-refractivity contribution >= 4 is 12.1 Å². The van der Waals surface area contributed by atoms with E-state index in [1.165, 1.54) is 7.11 Å². The fourth-order valence-electron chi connectivity index (χ4n) is 1.97. The van der Waals surface area contributed by atoms with E-state index in [-0.39, 0.29) is 12.5 Å². The lowest BCUT2D eigenvalue weighted by Crippen LogP contribution is -2.48. The van der Waals surface area contributed by atoms with Crippen LogP contribution in [0.1, 0.15) is 34.1 Å². The van der Waals surface area contributed by atoms with Crippen LogP contribution in [0.5, 0.6) is 0 Å². The highest BCUT2D eigenvalue weighted by Gasteiger charge is 2.30. The third-order valence-electron chi connectivity index (χ3n) is 3.38. The molecule has 0 radical (unpaired) electrons. The van der Waals surface area contributed by atoms with Crippen molar-refractivity contribution in [3.05, 3.63) is 23.8 Å². The van der Waals surface area contributed by atoms with Gasteiger partial charge in [0.1, 0.15) is 12.6 Å². The summed E-state index contributed by atoms with van der Waals surface area (Å²) in [4.78, 5) is 23.9. The van der Waals surface area contributed by atoms with Gasteiger partial charge in [-0.05, 0) is 32.8 Å². The second-order valence-electron chi connectivity index (χ2n) is 4.91. The highest BCUT2D eigenvalue weighted by molar-refractivity contribution is 5.81. The van der Waals surface area contributed by atoms with Gasteiger partial charge in [-0.25, -0.2) is 9.59 Å². The Labute approximate surface area is 138 Å². The van der Waals surface area contributed by atoms with Gasteiger partial charge < -0.3 is 19.5 Å². The van der Waals surface area contributed by atoms with Gasteiger partial charge in [-0.3, -0.25) is 0 Å². The number of methoxy groups -OCH3 is 1. The molecular weight excluding hydrogens is 298 g/mol. The van der Waals surface area contributed by atoms with E-state index in [0.29, 0.717) is 19.6 Å². The molecule has 0 fully saturated rings. The number of ether oxygens (including phenoxy) is 3. The van der Waals surface area contributed by atoms with Crippen LogP contribution in [0.3, 0.4) is 0 Å². The second-order valence-corrected chi connectivity index (χ2v) is 4.91. The Balaban J connectivity index is 4.75.